The van der Waals surface area contributed by atoms with Gasteiger partial charge in [0, 0.05) is 19.3 Å². The molecule has 2 aromatic rings. The Morgan fingerprint density at radius 1 is 1.04 bits per heavy atom. The van der Waals surface area contributed by atoms with Gasteiger partial charge in [-0.1, -0.05) is 30.3 Å². The van der Waals surface area contributed by atoms with E-state index in [0.717, 1.165) is 38.2 Å². The molecule has 1 fully saturated rings. The highest BCUT2D eigenvalue weighted by atomic mass is 32.2. The van der Waals surface area contributed by atoms with Gasteiger partial charge in [-0.25, -0.2) is 18.5 Å². The lowest BCUT2D eigenvalue weighted by atomic mass is 9.92. The molecular formula is C17H21N3O2S. The molecule has 0 aliphatic carbocycles. The minimum Gasteiger partial charge on any atom is -0.357 e. The highest BCUT2D eigenvalue weighted by Crippen LogP contribution is 2.29. The van der Waals surface area contributed by atoms with E-state index in [1.165, 1.54) is 17.8 Å². The van der Waals surface area contributed by atoms with Gasteiger partial charge in [-0.3, -0.25) is 0 Å². The third-order valence-electron chi connectivity index (χ3n) is 4.37. The first-order valence-electron chi connectivity index (χ1n) is 7.83. The predicted octanol–water partition coefficient (Wildman–Crippen LogP) is 2.50. The number of sulfonamides is 1. The standard InChI is InChI=1S/C17H21N3O2S/c18-23(21,22)16-8-9-17(19-13-16)20-11-4-7-15(10-12-20)14-5-2-1-3-6-14/h1-3,5-6,8-9,13,15H,4,7,10-12H2,(H2,18,21,22). The fourth-order valence-electron chi connectivity index (χ4n) is 3.11. The Morgan fingerprint density at radius 2 is 1.83 bits per heavy atom. The van der Waals surface area contributed by atoms with E-state index in [1.807, 2.05) is 6.07 Å². The first-order valence-corrected chi connectivity index (χ1v) is 9.37. The minimum absolute atomic E-state index is 0.0539. The number of anilines is 1. The van der Waals surface area contributed by atoms with Crippen molar-refractivity contribution in [3.05, 3.63) is 54.2 Å². The minimum atomic E-state index is -3.68. The van der Waals surface area contributed by atoms with E-state index in [9.17, 15) is 8.42 Å². The maximum atomic E-state index is 11.3. The normalized spacial score (nSPS) is 19.3. The fourth-order valence-corrected chi connectivity index (χ4v) is 3.57. The summed E-state index contributed by atoms with van der Waals surface area (Å²) in [6.45, 7) is 1.85. The Balaban J connectivity index is 1.71. The second-order valence-corrected chi connectivity index (χ2v) is 7.48. The highest BCUT2D eigenvalue weighted by Gasteiger charge is 2.19. The van der Waals surface area contributed by atoms with Gasteiger partial charge in [-0.05, 0) is 42.9 Å². The summed E-state index contributed by atoms with van der Waals surface area (Å²) >= 11 is 0. The average molecular weight is 331 g/mol. The van der Waals surface area contributed by atoms with E-state index in [1.54, 1.807) is 6.07 Å². The van der Waals surface area contributed by atoms with Crippen molar-refractivity contribution in [2.75, 3.05) is 18.0 Å². The third kappa shape index (κ3) is 3.89. The van der Waals surface area contributed by atoms with Crippen molar-refractivity contribution < 1.29 is 8.42 Å². The topological polar surface area (TPSA) is 76.3 Å². The van der Waals surface area contributed by atoms with Gasteiger partial charge in [0.15, 0.2) is 0 Å². The Morgan fingerprint density at radius 3 is 2.48 bits per heavy atom. The lowest BCUT2D eigenvalue weighted by Gasteiger charge is -2.21. The number of rotatable bonds is 3. The molecule has 0 saturated carbocycles. The monoisotopic (exact) mass is 331 g/mol. The van der Waals surface area contributed by atoms with Gasteiger partial charge in [0.05, 0.1) is 0 Å². The fraction of sp³-hybridized carbons (Fsp3) is 0.353. The zero-order valence-corrected chi connectivity index (χ0v) is 13.7. The summed E-state index contributed by atoms with van der Waals surface area (Å²) in [5.41, 5.74) is 1.40. The van der Waals surface area contributed by atoms with Crippen molar-refractivity contribution in [2.24, 2.45) is 5.14 Å². The molecule has 2 N–H and O–H groups in total. The Hall–Kier alpha value is -1.92. The Bertz CT molecular complexity index is 745. The first kappa shape index (κ1) is 16.0. The van der Waals surface area contributed by atoms with Gasteiger partial charge >= 0.3 is 0 Å². The van der Waals surface area contributed by atoms with Crippen LogP contribution in [0.15, 0.2) is 53.6 Å². The number of pyridine rings is 1. The summed E-state index contributed by atoms with van der Waals surface area (Å²) in [6, 6.07) is 13.9. The molecule has 23 heavy (non-hydrogen) atoms. The molecule has 1 unspecified atom stereocenters. The summed E-state index contributed by atoms with van der Waals surface area (Å²) in [7, 11) is -3.68. The van der Waals surface area contributed by atoms with Crippen LogP contribution >= 0.6 is 0 Å². The second-order valence-electron chi connectivity index (χ2n) is 5.92. The molecule has 0 spiro atoms. The van der Waals surface area contributed by atoms with Crippen molar-refractivity contribution in [2.45, 2.75) is 30.1 Å². The summed E-state index contributed by atoms with van der Waals surface area (Å²) < 4.78 is 22.6. The van der Waals surface area contributed by atoms with E-state index >= 15 is 0 Å². The van der Waals surface area contributed by atoms with Crippen LogP contribution in [-0.4, -0.2) is 26.5 Å². The molecule has 1 atom stereocenters. The SMILES string of the molecule is NS(=O)(=O)c1ccc(N2CCCC(c3ccccc3)CC2)nc1. The lowest BCUT2D eigenvalue weighted by Crippen LogP contribution is -2.25. The van der Waals surface area contributed by atoms with Gasteiger partial charge < -0.3 is 4.90 Å². The first-order chi connectivity index (χ1) is 11.0. The molecular weight excluding hydrogens is 310 g/mol. The van der Waals surface area contributed by atoms with Gasteiger partial charge in [0.2, 0.25) is 10.0 Å². The highest BCUT2D eigenvalue weighted by molar-refractivity contribution is 7.89. The predicted molar refractivity (Wildman–Crippen MR) is 90.9 cm³/mol. The summed E-state index contributed by atoms with van der Waals surface area (Å²) in [5.74, 6) is 1.39. The molecule has 6 heteroatoms. The quantitative estimate of drug-likeness (QED) is 0.937. The van der Waals surface area contributed by atoms with Crippen LogP contribution in [0.5, 0.6) is 0 Å². The molecule has 5 nitrogen and oxygen atoms in total. The number of nitrogens with zero attached hydrogens (tertiary/aromatic N) is 2. The van der Waals surface area contributed by atoms with E-state index in [4.69, 9.17) is 5.14 Å². The van der Waals surface area contributed by atoms with E-state index in [-0.39, 0.29) is 4.90 Å². The van der Waals surface area contributed by atoms with Crippen molar-refractivity contribution in [3.63, 3.8) is 0 Å². The van der Waals surface area contributed by atoms with E-state index in [0.29, 0.717) is 5.92 Å². The molecule has 0 radical (unpaired) electrons. The molecule has 1 aromatic heterocycles. The van der Waals surface area contributed by atoms with Crippen LogP contribution in [0.25, 0.3) is 0 Å². The summed E-state index contributed by atoms with van der Waals surface area (Å²) in [4.78, 5) is 6.55. The van der Waals surface area contributed by atoms with E-state index in [2.05, 4.69) is 34.1 Å². The number of aromatic nitrogens is 1. The molecule has 3 rings (SSSR count). The lowest BCUT2D eigenvalue weighted by molar-refractivity contribution is 0.597. The van der Waals surface area contributed by atoms with Crippen molar-refractivity contribution in [1.82, 2.24) is 4.98 Å². The van der Waals surface area contributed by atoms with Gasteiger partial charge in [0.25, 0.3) is 0 Å². The largest absolute Gasteiger partial charge is 0.357 e. The Kier molecular flexibility index (Phi) is 4.63. The van der Waals surface area contributed by atoms with Crippen molar-refractivity contribution in [3.8, 4) is 0 Å². The van der Waals surface area contributed by atoms with Gasteiger partial charge in [-0.15, -0.1) is 0 Å². The van der Waals surface area contributed by atoms with Crippen LogP contribution in [0.3, 0.4) is 0 Å². The maximum absolute atomic E-state index is 11.3. The number of hydrogen-bond acceptors (Lipinski definition) is 4. The summed E-state index contributed by atoms with van der Waals surface area (Å²) in [5, 5.41) is 5.11. The third-order valence-corrected chi connectivity index (χ3v) is 5.27. The zero-order chi connectivity index (χ0) is 16.3. The molecule has 1 aliphatic rings. The molecule has 1 aromatic carbocycles. The summed E-state index contributed by atoms with van der Waals surface area (Å²) in [6.07, 6.45) is 4.67. The smallest absolute Gasteiger partial charge is 0.239 e. The number of benzene rings is 1. The van der Waals surface area contributed by atoms with Crippen LogP contribution in [0.1, 0.15) is 30.7 Å². The number of primary sulfonamides is 1. The molecule has 1 saturated heterocycles. The molecule has 0 bridgehead atoms. The molecule has 122 valence electrons. The van der Waals surface area contributed by atoms with Crippen molar-refractivity contribution >= 4 is 15.8 Å². The van der Waals surface area contributed by atoms with Crippen LogP contribution in [0.4, 0.5) is 5.82 Å². The van der Waals surface area contributed by atoms with Crippen LogP contribution in [0, 0.1) is 0 Å². The number of nitrogens with two attached hydrogens (primary N) is 1. The van der Waals surface area contributed by atoms with Crippen molar-refractivity contribution in [1.29, 1.82) is 0 Å². The number of hydrogen-bond donors (Lipinski definition) is 1. The average Bonchev–Trinajstić information content (AvgIpc) is 2.81. The van der Waals surface area contributed by atoms with Gasteiger partial charge in [-0.2, -0.15) is 0 Å². The zero-order valence-electron chi connectivity index (χ0n) is 12.9. The van der Waals surface area contributed by atoms with Crippen LogP contribution in [-0.2, 0) is 10.0 Å². The molecule has 0 amide bonds. The van der Waals surface area contributed by atoms with Crippen LogP contribution < -0.4 is 10.0 Å². The molecule has 1 aliphatic heterocycles. The maximum Gasteiger partial charge on any atom is 0.239 e. The second kappa shape index (κ2) is 6.68. The Labute approximate surface area is 137 Å². The van der Waals surface area contributed by atoms with E-state index < -0.39 is 10.0 Å². The van der Waals surface area contributed by atoms with Gasteiger partial charge in [0.1, 0.15) is 10.7 Å². The molecule has 2 heterocycles. The van der Waals surface area contributed by atoms with Crippen LogP contribution in [0.2, 0.25) is 0 Å².